The number of nitrogens with one attached hydrogen (secondary N) is 2. The molecule has 0 bridgehead atoms. The summed E-state index contributed by atoms with van der Waals surface area (Å²) < 4.78 is 19.1. The van der Waals surface area contributed by atoms with Gasteiger partial charge in [-0.05, 0) is 42.6 Å². The largest absolute Gasteiger partial charge is 0.466 e. The maximum atomic E-state index is 13.9. The predicted octanol–water partition coefficient (Wildman–Crippen LogP) is 3.52. The molecule has 0 spiro atoms. The van der Waals surface area contributed by atoms with Gasteiger partial charge in [0, 0.05) is 86.0 Å². The molecule has 2 amide bonds. The second kappa shape index (κ2) is 16.5. The number of hydrogen-bond acceptors (Lipinski definition) is 9. The zero-order chi connectivity index (χ0) is 32.2. The van der Waals surface area contributed by atoms with E-state index in [1.54, 1.807) is 23.2 Å². The first-order valence-corrected chi connectivity index (χ1v) is 15.0. The molecule has 1 unspecified atom stereocenters. The van der Waals surface area contributed by atoms with Gasteiger partial charge in [-0.15, -0.1) is 0 Å². The number of azide groups is 1. The van der Waals surface area contributed by atoms with Gasteiger partial charge in [0.25, 0.3) is 0 Å². The molecule has 1 saturated heterocycles. The van der Waals surface area contributed by atoms with Crippen molar-refractivity contribution < 1.29 is 23.5 Å². The third kappa shape index (κ3) is 9.24. The van der Waals surface area contributed by atoms with Crippen LogP contribution in [0.2, 0.25) is 5.02 Å². The van der Waals surface area contributed by atoms with Crippen LogP contribution in [0.3, 0.4) is 0 Å². The minimum Gasteiger partial charge on any atom is -0.466 e. The Balaban J connectivity index is 1.41. The third-order valence-corrected chi connectivity index (χ3v) is 7.74. The molecular weight excluding hydrogens is 605 g/mol. The monoisotopic (exact) mass is 639 g/mol. The van der Waals surface area contributed by atoms with Gasteiger partial charge in [0.05, 0.1) is 12.7 Å². The molecule has 0 saturated carbocycles. The Labute approximate surface area is 265 Å². The van der Waals surface area contributed by atoms with Gasteiger partial charge in [0.1, 0.15) is 17.6 Å². The molecule has 15 heteroatoms. The van der Waals surface area contributed by atoms with Crippen molar-refractivity contribution in [3.8, 4) is 0 Å². The van der Waals surface area contributed by atoms with Gasteiger partial charge in [-0.3, -0.25) is 24.5 Å². The van der Waals surface area contributed by atoms with Gasteiger partial charge in [0.2, 0.25) is 11.8 Å². The van der Waals surface area contributed by atoms with Crippen LogP contribution in [0.1, 0.15) is 43.0 Å². The number of aromatic nitrogens is 1. The van der Waals surface area contributed by atoms with E-state index in [0.717, 1.165) is 0 Å². The lowest BCUT2D eigenvalue weighted by atomic mass is 9.94. The Morgan fingerprint density at radius 1 is 1.18 bits per heavy atom. The molecule has 13 nitrogen and oxygen atoms in total. The molecule has 1 atom stereocenters. The molecule has 1 fully saturated rings. The van der Waals surface area contributed by atoms with Crippen molar-refractivity contribution in [3.05, 3.63) is 86.4 Å². The second-order valence-electron chi connectivity index (χ2n) is 10.4. The molecule has 1 aromatic heterocycles. The number of carbonyl (C=O) groups is 3. The highest BCUT2D eigenvalue weighted by atomic mass is 35.5. The Hall–Kier alpha value is -4.52. The van der Waals surface area contributed by atoms with Crippen molar-refractivity contribution in [2.75, 3.05) is 52.9 Å². The molecule has 2 N–H and O–H groups in total. The zero-order valence-electron chi connectivity index (χ0n) is 24.9. The number of hydrogen-bond donors (Lipinski definition) is 2. The highest BCUT2D eigenvalue weighted by molar-refractivity contribution is 6.31. The Morgan fingerprint density at radius 3 is 2.67 bits per heavy atom. The van der Waals surface area contributed by atoms with E-state index in [0.29, 0.717) is 81.4 Å². The fraction of sp³-hybridized carbons (Fsp3) is 0.433. The van der Waals surface area contributed by atoms with Gasteiger partial charge in [0.15, 0.2) is 5.84 Å². The van der Waals surface area contributed by atoms with E-state index >= 15 is 0 Å². The maximum Gasteiger partial charge on any atom is 0.338 e. The lowest BCUT2D eigenvalue weighted by Gasteiger charge is -2.36. The van der Waals surface area contributed by atoms with E-state index in [2.05, 4.69) is 30.5 Å². The SMILES string of the molecule is COC(=O)C1=C(CN2CCN(C(=O)CCCC(=O)NCCCN=[N+]=[N-])CC2)NC(c2ccccn2)=NC1c1ccc(F)cc1Cl. The smallest absolute Gasteiger partial charge is 0.338 e. The van der Waals surface area contributed by atoms with Crippen molar-refractivity contribution in [1.82, 2.24) is 25.4 Å². The fourth-order valence-electron chi connectivity index (χ4n) is 5.10. The molecule has 238 valence electrons. The summed E-state index contributed by atoms with van der Waals surface area (Å²) in [6.45, 7) is 3.14. The molecule has 2 aliphatic rings. The first kappa shape index (κ1) is 33.4. The number of halogens is 2. The lowest BCUT2D eigenvalue weighted by molar-refractivity contribution is -0.136. The van der Waals surface area contributed by atoms with Crippen LogP contribution in [-0.4, -0.2) is 91.3 Å². The number of carbonyl (C=O) groups excluding carboxylic acids is 3. The average molecular weight is 640 g/mol. The molecule has 0 radical (unpaired) electrons. The normalized spacial score (nSPS) is 16.7. The number of rotatable bonds is 13. The number of amidine groups is 1. The quantitative estimate of drug-likeness (QED) is 0.111. The number of ether oxygens (including phenoxy) is 1. The summed E-state index contributed by atoms with van der Waals surface area (Å²) in [4.78, 5) is 53.7. The summed E-state index contributed by atoms with van der Waals surface area (Å²) in [5, 5.41) is 9.58. The van der Waals surface area contributed by atoms with E-state index < -0.39 is 17.8 Å². The van der Waals surface area contributed by atoms with Crippen molar-refractivity contribution in [2.45, 2.75) is 31.7 Å². The summed E-state index contributed by atoms with van der Waals surface area (Å²) in [5.41, 5.74) is 10.1. The first-order chi connectivity index (χ1) is 21.8. The van der Waals surface area contributed by atoms with Crippen molar-refractivity contribution >= 4 is 35.2 Å². The summed E-state index contributed by atoms with van der Waals surface area (Å²) >= 11 is 6.44. The van der Waals surface area contributed by atoms with Crippen LogP contribution in [0.15, 0.2) is 64.0 Å². The van der Waals surface area contributed by atoms with Crippen LogP contribution >= 0.6 is 11.6 Å². The molecule has 2 aliphatic heterocycles. The zero-order valence-corrected chi connectivity index (χ0v) is 25.7. The molecule has 0 aliphatic carbocycles. The summed E-state index contributed by atoms with van der Waals surface area (Å²) in [7, 11) is 1.29. The third-order valence-electron chi connectivity index (χ3n) is 7.42. The number of piperazine rings is 1. The van der Waals surface area contributed by atoms with E-state index in [9.17, 15) is 18.8 Å². The highest BCUT2D eigenvalue weighted by Crippen LogP contribution is 2.36. The topological polar surface area (TPSA) is 165 Å². The second-order valence-corrected chi connectivity index (χ2v) is 10.8. The van der Waals surface area contributed by atoms with E-state index in [1.807, 2.05) is 6.07 Å². The van der Waals surface area contributed by atoms with E-state index in [-0.39, 0.29) is 35.3 Å². The average Bonchev–Trinajstić information content (AvgIpc) is 3.04. The van der Waals surface area contributed by atoms with Crippen molar-refractivity contribution in [1.29, 1.82) is 0 Å². The first-order valence-electron chi connectivity index (χ1n) is 14.6. The molecular formula is C30H35ClFN9O4. The molecule has 4 rings (SSSR count). The fourth-order valence-corrected chi connectivity index (χ4v) is 5.37. The van der Waals surface area contributed by atoms with Crippen molar-refractivity contribution in [2.24, 2.45) is 10.1 Å². The number of pyridine rings is 1. The summed E-state index contributed by atoms with van der Waals surface area (Å²) in [5.74, 6) is -0.842. The molecule has 3 heterocycles. The Morgan fingerprint density at radius 2 is 1.98 bits per heavy atom. The van der Waals surface area contributed by atoms with Gasteiger partial charge in [-0.1, -0.05) is 28.8 Å². The molecule has 45 heavy (non-hydrogen) atoms. The predicted molar refractivity (Wildman–Crippen MR) is 166 cm³/mol. The standard InChI is InChI=1S/C30H35ClFN9O4/c1-45-30(44)27-24(37-29(23-6-2-3-11-34-23)38-28(27)21-10-9-20(32)18-22(21)31)19-40-14-16-41(17-15-40)26(43)8-4-7-25(42)35-12-5-13-36-39-33/h2-3,6,9-11,18,28H,4-5,7-8,12-17,19H2,1H3,(H,35,42)(H,37,38). The van der Waals surface area contributed by atoms with Crippen molar-refractivity contribution in [3.63, 3.8) is 0 Å². The lowest BCUT2D eigenvalue weighted by Crippen LogP contribution is -2.50. The maximum absolute atomic E-state index is 13.9. The molecule has 2 aromatic rings. The van der Waals surface area contributed by atoms with E-state index in [1.165, 1.54) is 25.3 Å². The summed E-state index contributed by atoms with van der Waals surface area (Å²) in [6.07, 6.45) is 3.13. The van der Waals surface area contributed by atoms with Crippen LogP contribution in [0.5, 0.6) is 0 Å². The highest BCUT2D eigenvalue weighted by Gasteiger charge is 2.34. The van der Waals surface area contributed by atoms with Gasteiger partial charge < -0.3 is 20.3 Å². The van der Waals surface area contributed by atoms with Gasteiger partial charge >= 0.3 is 5.97 Å². The number of aliphatic imine (C=N–C) groups is 1. The minimum absolute atomic E-state index is 0.0216. The van der Waals surface area contributed by atoms with Crippen LogP contribution in [-0.2, 0) is 19.1 Å². The van der Waals surface area contributed by atoms with Crippen LogP contribution in [0.25, 0.3) is 10.4 Å². The number of esters is 1. The van der Waals surface area contributed by atoms with Crippen LogP contribution in [0.4, 0.5) is 4.39 Å². The Bertz CT molecular complexity index is 1490. The van der Waals surface area contributed by atoms with Gasteiger partial charge in [-0.25, -0.2) is 9.18 Å². The van der Waals surface area contributed by atoms with E-state index in [4.69, 9.17) is 26.9 Å². The van der Waals surface area contributed by atoms with Crippen LogP contribution in [0, 0.1) is 5.82 Å². The summed E-state index contributed by atoms with van der Waals surface area (Å²) in [6, 6.07) is 8.48. The minimum atomic E-state index is -0.870. The molecule has 1 aromatic carbocycles. The number of amides is 2. The van der Waals surface area contributed by atoms with Crippen LogP contribution < -0.4 is 10.6 Å². The Kier molecular flexibility index (Phi) is 12.3. The number of nitrogens with zero attached hydrogens (tertiary/aromatic N) is 7. The van der Waals surface area contributed by atoms with Gasteiger partial charge in [-0.2, -0.15) is 0 Å². The number of benzene rings is 1. The number of methoxy groups -OCH3 is 1.